The van der Waals surface area contributed by atoms with Gasteiger partial charge in [-0.25, -0.2) is 0 Å². The van der Waals surface area contributed by atoms with Crippen LogP contribution in [0.1, 0.15) is 29.7 Å². The number of carbonyl (C=O) groups is 1. The van der Waals surface area contributed by atoms with Gasteiger partial charge < -0.3 is 4.74 Å². The van der Waals surface area contributed by atoms with Gasteiger partial charge in [0.25, 0.3) is 5.69 Å². The van der Waals surface area contributed by atoms with Gasteiger partial charge in [-0.2, -0.15) is 4.68 Å². The van der Waals surface area contributed by atoms with E-state index in [0.29, 0.717) is 10.7 Å². The van der Waals surface area contributed by atoms with Crippen molar-refractivity contribution in [3.63, 3.8) is 0 Å². The Bertz CT molecular complexity index is 1050. The van der Waals surface area contributed by atoms with Crippen LogP contribution in [0.5, 0.6) is 0 Å². The molecule has 2 aromatic carbocycles. The fourth-order valence-corrected chi connectivity index (χ4v) is 3.35. The summed E-state index contributed by atoms with van der Waals surface area (Å²) < 4.78 is 6.99. The first kappa shape index (κ1) is 20.5. The maximum atomic E-state index is 12.3. The predicted octanol–water partition coefficient (Wildman–Crippen LogP) is 3.58. The van der Waals surface area contributed by atoms with Crippen LogP contribution < -0.4 is 0 Å². The van der Waals surface area contributed by atoms with Gasteiger partial charge in [-0.15, -0.1) is 5.10 Å². The summed E-state index contributed by atoms with van der Waals surface area (Å²) in [6.07, 6.45) is -0.613. The first-order chi connectivity index (χ1) is 13.8. The number of thioether (sulfide) groups is 1. The molecule has 10 heteroatoms. The number of nitrogens with zero attached hydrogens (tertiary/aromatic N) is 5. The quantitative estimate of drug-likeness (QED) is 0.250. The zero-order valence-electron chi connectivity index (χ0n) is 16.1. The Kier molecular flexibility index (Phi) is 6.23. The number of benzene rings is 2. The van der Waals surface area contributed by atoms with Crippen LogP contribution in [-0.2, 0) is 9.53 Å². The van der Waals surface area contributed by atoms with Crippen LogP contribution in [0.2, 0.25) is 0 Å². The van der Waals surface area contributed by atoms with Crippen molar-refractivity contribution in [2.75, 3.05) is 5.75 Å². The van der Waals surface area contributed by atoms with E-state index >= 15 is 0 Å². The monoisotopic (exact) mass is 413 g/mol. The molecule has 9 nitrogen and oxygen atoms in total. The van der Waals surface area contributed by atoms with Gasteiger partial charge >= 0.3 is 5.97 Å². The van der Waals surface area contributed by atoms with Gasteiger partial charge in [-0.05, 0) is 54.0 Å². The van der Waals surface area contributed by atoms with Crippen molar-refractivity contribution < 1.29 is 14.5 Å². The Hall–Kier alpha value is -3.27. The third-order valence-corrected chi connectivity index (χ3v) is 5.10. The van der Waals surface area contributed by atoms with Crippen molar-refractivity contribution in [2.45, 2.75) is 32.0 Å². The van der Waals surface area contributed by atoms with Crippen LogP contribution in [0.4, 0.5) is 5.69 Å². The number of hydrogen-bond acceptors (Lipinski definition) is 8. The largest absolute Gasteiger partial charge is 0.457 e. The van der Waals surface area contributed by atoms with Gasteiger partial charge in [0, 0.05) is 12.1 Å². The minimum absolute atomic E-state index is 0.00447. The smallest absolute Gasteiger partial charge is 0.316 e. The molecule has 150 valence electrons. The van der Waals surface area contributed by atoms with E-state index in [2.05, 4.69) is 15.5 Å². The number of tetrazole rings is 1. The van der Waals surface area contributed by atoms with Crippen molar-refractivity contribution in [2.24, 2.45) is 0 Å². The third kappa shape index (κ3) is 4.96. The molecule has 0 amide bonds. The molecule has 0 fully saturated rings. The molecule has 0 saturated carbocycles. The minimum atomic E-state index is -0.613. The van der Waals surface area contributed by atoms with Crippen molar-refractivity contribution >= 4 is 23.4 Å². The highest BCUT2D eigenvalue weighted by Gasteiger charge is 2.17. The van der Waals surface area contributed by atoms with Gasteiger partial charge in [0.05, 0.1) is 16.4 Å². The first-order valence-electron chi connectivity index (χ1n) is 8.78. The molecule has 0 N–H and O–H groups in total. The van der Waals surface area contributed by atoms with Crippen molar-refractivity contribution in [1.82, 2.24) is 20.2 Å². The second kappa shape index (κ2) is 8.82. The number of nitro benzene ring substituents is 1. The Morgan fingerprint density at radius 3 is 2.83 bits per heavy atom. The lowest BCUT2D eigenvalue weighted by atomic mass is 10.1. The Balaban J connectivity index is 1.65. The van der Waals surface area contributed by atoms with Gasteiger partial charge in [0.2, 0.25) is 5.16 Å². The predicted molar refractivity (Wildman–Crippen MR) is 107 cm³/mol. The molecule has 0 saturated heterocycles. The Morgan fingerprint density at radius 1 is 1.28 bits per heavy atom. The minimum Gasteiger partial charge on any atom is -0.457 e. The number of aromatic nitrogens is 4. The van der Waals surface area contributed by atoms with E-state index in [-0.39, 0.29) is 11.4 Å². The second-order valence-corrected chi connectivity index (χ2v) is 7.38. The summed E-state index contributed by atoms with van der Waals surface area (Å²) in [6, 6.07) is 12.0. The lowest BCUT2D eigenvalue weighted by molar-refractivity contribution is -0.385. The van der Waals surface area contributed by atoms with E-state index in [1.165, 1.54) is 12.1 Å². The number of rotatable bonds is 7. The van der Waals surface area contributed by atoms with Crippen LogP contribution in [0, 0.1) is 24.0 Å². The summed E-state index contributed by atoms with van der Waals surface area (Å²) in [4.78, 5) is 22.7. The van der Waals surface area contributed by atoms with Crippen LogP contribution >= 0.6 is 11.8 Å². The van der Waals surface area contributed by atoms with E-state index in [1.807, 2.05) is 32.0 Å². The summed E-state index contributed by atoms with van der Waals surface area (Å²) in [5, 5.41) is 23.1. The highest BCUT2D eigenvalue weighted by Crippen LogP contribution is 2.24. The molecular weight excluding hydrogens is 394 g/mol. The fourth-order valence-electron chi connectivity index (χ4n) is 2.68. The SMILES string of the molecule is Cc1ccc(C)c(-n2nnnc2SCC(=O)O[C@H](C)c2cccc([N+](=O)[O-])c2)c1. The highest BCUT2D eigenvalue weighted by molar-refractivity contribution is 7.99. The van der Waals surface area contributed by atoms with E-state index < -0.39 is 17.0 Å². The van der Waals surface area contributed by atoms with E-state index in [9.17, 15) is 14.9 Å². The molecule has 0 aliphatic rings. The molecule has 0 bridgehead atoms. The number of ether oxygens (including phenoxy) is 1. The molecule has 0 unspecified atom stereocenters. The average molecular weight is 413 g/mol. The van der Waals surface area contributed by atoms with Crippen LogP contribution in [0.3, 0.4) is 0 Å². The standard InChI is InChI=1S/C19H19N5O4S/c1-12-7-8-13(2)17(9-12)23-19(20-21-22-23)29-11-18(25)28-14(3)15-5-4-6-16(10-15)24(26)27/h4-10,14H,11H2,1-3H3/t14-/m1/s1. The lowest BCUT2D eigenvalue weighted by Gasteiger charge is -2.13. The molecule has 29 heavy (non-hydrogen) atoms. The summed E-state index contributed by atoms with van der Waals surface area (Å²) in [7, 11) is 0. The summed E-state index contributed by atoms with van der Waals surface area (Å²) in [5.41, 5.74) is 3.43. The van der Waals surface area contributed by atoms with Gasteiger partial charge in [0.15, 0.2) is 0 Å². The maximum absolute atomic E-state index is 12.3. The number of carbonyl (C=O) groups excluding carboxylic acids is 1. The van der Waals surface area contributed by atoms with Gasteiger partial charge in [0.1, 0.15) is 6.10 Å². The molecular formula is C19H19N5O4S. The molecule has 0 spiro atoms. The number of aryl methyl sites for hydroxylation is 2. The van der Waals surface area contributed by atoms with Crippen LogP contribution in [0.25, 0.3) is 5.69 Å². The number of esters is 1. The molecule has 1 atom stereocenters. The first-order valence-corrected chi connectivity index (χ1v) is 9.76. The molecule has 1 aromatic heterocycles. The molecule has 0 aliphatic heterocycles. The van der Waals surface area contributed by atoms with Crippen molar-refractivity contribution in [3.05, 3.63) is 69.3 Å². The summed E-state index contributed by atoms with van der Waals surface area (Å²) >= 11 is 1.16. The van der Waals surface area contributed by atoms with Crippen LogP contribution in [0.15, 0.2) is 47.6 Å². The third-order valence-electron chi connectivity index (χ3n) is 4.21. The summed E-state index contributed by atoms with van der Waals surface area (Å²) in [6.45, 7) is 5.61. The maximum Gasteiger partial charge on any atom is 0.316 e. The molecule has 3 aromatic rings. The Labute approximate surface area is 171 Å². The average Bonchev–Trinajstić information content (AvgIpc) is 3.16. The van der Waals surface area contributed by atoms with E-state index in [1.54, 1.807) is 23.7 Å². The number of nitro groups is 1. The molecule has 0 aliphatic carbocycles. The van der Waals surface area contributed by atoms with Gasteiger partial charge in [-0.1, -0.05) is 36.0 Å². The van der Waals surface area contributed by atoms with E-state index in [0.717, 1.165) is 28.6 Å². The second-order valence-electron chi connectivity index (χ2n) is 6.44. The van der Waals surface area contributed by atoms with E-state index in [4.69, 9.17) is 4.74 Å². The van der Waals surface area contributed by atoms with Gasteiger partial charge in [-0.3, -0.25) is 14.9 Å². The topological polar surface area (TPSA) is 113 Å². The highest BCUT2D eigenvalue weighted by atomic mass is 32.2. The number of hydrogen-bond donors (Lipinski definition) is 0. The fraction of sp³-hybridized carbons (Fsp3) is 0.263. The number of non-ortho nitro benzene ring substituents is 1. The van der Waals surface area contributed by atoms with Crippen LogP contribution in [-0.4, -0.2) is 36.9 Å². The zero-order chi connectivity index (χ0) is 21.0. The Morgan fingerprint density at radius 2 is 2.07 bits per heavy atom. The van der Waals surface area contributed by atoms with Crippen molar-refractivity contribution in [3.8, 4) is 5.69 Å². The molecule has 3 rings (SSSR count). The normalized spacial score (nSPS) is 11.8. The van der Waals surface area contributed by atoms with Crippen molar-refractivity contribution in [1.29, 1.82) is 0 Å². The zero-order valence-corrected chi connectivity index (χ0v) is 16.9. The molecule has 0 radical (unpaired) electrons. The molecule has 1 heterocycles. The lowest BCUT2D eigenvalue weighted by Crippen LogP contribution is -2.12. The summed E-state index contributed by atoms with van der Waals surface area (Å²) in [5.74, 6) is -0.464.